The maximum absolute atomic E-state index is 12.7. The number of phosphoric acid groups is 1. The highest BCUT2D eigenvalue weighted by Crippen LogP contribution is 2.43. The monoisotopic (exact) mass is 1090 g/mol. The first-order valence-corrected chi connectivity index (χ1v) is 34.8. The maximum Gasteiger partial charge on any atom is 0.472 e. The van der Waals surface area contributed by atoms with Crippen LogP contribution in [0, 0.1) is 0 Å². The summed E-state index contributed by atoms with van der Waals surface area (Å²) in [4.78, 5) is 35.2. The summed E-state index contributed by atoms with van der Waals surface area (Å²) in [6.45, 7) is 3.75. The van der Waals surface area contributed by atoms with Gasteiger partial charge < -0.3 is 20.1 Å². The number of unbranched alkanes of at least 4 members (excludes halogenated alkanes) is 47. The molecule has 2 unspecified atom stereocenters. The number of phosphoric ester groups is 1. The molecule has 0 aliphatic rings. The van der Waals surface area contributed by atoms with Crippen LogP contribution in [-0.2, 0) is 32.7 Å². The van der Waals surface area contributed by atoms with Crippen LogP contribution in [-0.4, -0.2) is 49.3 Å². The third-order valence-corrected chi connectivity index (χ3v) is 16.1. The summed E-state index contributed by atoms with van der Waals surface area (Å²) < 4.78 is 33.0. The second-order valence-corrected chi connectivity index (χ2v) is 24.2. The Morgan fingerprint density at radius 1 is 0.395 bits per heavy atom. The highest BCUT2D eigenvalue weighted by Gasteiger charge is 2.26. The van der Waals surface area contributed by atoms with E-state index in [1.807, 2.05) is 0 Å². The molecule has 450 valence electrons. The topological polar surface area (TPSA) is 134 Å². The Labute approximate surface area is 472 Å². The summed E-state index contributed by atoms with van der Waals surface area (Å²) in [5.74, 6) is -0.828. The second kappa shape index (κ2) is 62.7. The summed E-state index contributed by atoms with van der Waals surface area (Å²) in [5.41, 5.74) is 5.38. The van der Waals surface area contributed by atoms with E-state index in [2.05, 4.69) is 38.2 Å². The zero-order valence-electron chi connectivity index (χ0n) is 50.5. The van der Waals surface area contributed by atoms with Gasteiger partial charge in [0.15, 0.2) is 6.10 Å². The number of rotatable bonds is 64. The van der Waals surface area contributed by atoms with Crippen LogP contribution in [0.2, 0.25) is 0 Å². The number of hydrogen-bond acceptors (Lipinski definition) is 8. The first-order chi connectivity index (χ1) is 37.3. The minimum absolute atomic E-state index is 0.0529. The van der Waals surface area contributed by atoms with Gasteiger partial charge >= 0.3 is 19.8 Å². The Kier molecular flexibility index (Phi) is 61.4. The summed E-state index contributed by atoms with van der Waals surface area (Å²) in [6.07, 6.45) is 75.9. The van der Waals surface area contributed by atoms with Gasteiger partial charge in [0.25, 0.3) is 0 Å². The first-order valence-electron chi connectivity index (χ1n) is 33.3. The number of hydrogen-bond donors (Lipinski definition) is 2. The predicted molar refractivity (Wildman–Crippen MR) is 326 cm³/mol. The van der Waals surface area contributed by atoms with Crippen molar-refractivity contribution in [2.24, 2.45) is 5.73 Å². The molecule has 0 aliphatic carbocycles. The summed E-state index contributed by atoms with van der Waals surface area (Å²) in [5, 5.41) is 0. The van der Waals surface area contributed by atoms with Crippen LogP contribution in [0.5, 0.6) is 0 Å². The van der Waals surface area contributed by atoms with Crippen LogP contribution in [0.3, 0.4) is 0 Å². The highest BCUT2D eigenvalue weighted by molar-refractivity contribution is 7.47. The molecule has 0 aromatic heterocycles. The molecule has 10 heteroatoms. The quantitative estimate of drug-likeness (QED) is 0.0264. The molecule has 0 aromatic rings. The van der Waals surface area contributed by atoms with Gasteiger partial charge in [-0.3, -0.25) is 18.6 Å². The van der Waals surface area contributed by atoms with Gasteiger partial charge in [-0.15, -0.1) is 0 Å². The van der Waals surface area contributed by atoms with Gasteiger partial charge in [0.2, 0.25) is 0 Å². The van der Waals surface area contributed by atoms with Gasteiger partial charge in [-0.2, -0.15) is 0 Å². The van der Waals surface area contributed by atoms with Crippen molar-refractivity contribution in [3.63, 3.8) is 0 Å². The molecular formula is C66H128NO8P. The largest absolute Gasteiger partial charge is 0.472 e. The molecule has 0 bridgehead atoms. The van der Waals surface area contributed by atoms with Gasteiger partial charge in [0.05, 0.1) is 13.2 Å². The average molecular weight is 1090 g/mol. The van der Waals surface area contributed by atoms with E-state index in [4.69, 9.17) is 24.3 Å². The SMILES string of the molecule is CCCCC/C=C\C/C=C\CCCCCCCC(=O)OC(COC(=O)CCCCCCCCCCCCCCCCCCCCCCCCCCCCCCCCCCCCCCCCCC)COP(=O)(O)OCCN. The molecule has 0 heterocycles. The zero-order chi connectivity index (χ0) is 55.2. The van der Waals surface area contributed by atoms with Gasteiger partial charge in [0.1, 0.15) is 6.61 Å². The van der Waals surface area contributed by atoms with Crippen molar-refractivity contribution in [2.45, 2.75) is 360 Å². The molecule has 0 saturated heterocycles. The molecule has 0 radical (unpaired) electrons. The molecule has 0 amide bonds. The van der Waals surface area contributed by atoms with Crippen molar-refractivity contribution in [2.75, 3.05) is 26.4 Å². The van der Waals surface area contributed by atoms with E-state index in [0.29, 0.717) is 6.42 Å². The summed E-state index contributed by atoms with van der Waals surface area (Å²) in [6, 6.07) is 0. The highest BCUT2D eigenvalue weighted by atomic mass is 31.2. The lowest BCUT2D eigenvalue weighted by atomic mass is 10.0. The van der Waals surface area contributed by atoms with E-state index >= 15 is 0 Å². The molecule has 9 nitrogen and oxygen atoms in total. The maximum atomic E-state index is 12.7. The van der Waals surface area contributed by atoms with Crippen LogP contribution in [0.1, 0.15) is 354 Å². The first kappa shape index (κ1) is 74.5. The Morgan fingerprint density at radius 2 is 0.684 bits per heavy atom. The second-order valence-electron chi connectivity index (χ2n) is 22.7. The molecule has 0 aromatic carbocycles. The van der Waals surface area contributed by atoms with Gasteiger partial charge in [-0.25, -0.2) is 4.57 Å². The minimum atomic E-state index is -4.39. The smallest absolute Gasteiger partial charge is 0.462 e. The minimum Gasteiger partial charge on any atom is -0.462 e. The Balaban J connectivity index is 3.69. The Hall–Kier alpha value is -1.51. The standard InChI is InChI=1S/C66H128NO8P/c1-3-5-7-9-11-13-15-17-19-20-21-22-23-24-25-26-27-28-29-30-31-32-33-34-35-36-37-38-39-40-41-42-43-45-46-48-50-52-54-56-58-65(68)72-62-64(63-74-76(70,71)73-61-60-67)75-66(69)59-57-55-53-51-49-47-44-18-16-14-12-10-8-6-4-2/h12,14,18,44,64H,3-11,13,15-17,19-43,45-63,67H2,1-2H3,(H,70,71)/b14-12-,44-18-. The predicted octanol–water partition coefficient (Wildman–Crippen LogP) is 21.4. The van der Waals surface area contributed by atoms with Crippen LogP contribution < -0.4 is 5.73 Å². The van der Waals surface area contributed by atoms with Gasteiger partial charge in [-0.05, 0) is 44.9 Å². The van der Waals surface area contributed by atoms with Crippen molar-refractivity contribution in [3.8, 4) is 0 Å². The van der Waals surface area contributed by atoms with Crippen molar-refractivity contribution in [3.05, 3.63) is 24.3 Å². The third-order valence-electron chi connectivity index (χ3n) is 15.1. The van der Waals surface area contributed by atoms with Crippen molar-refractivity contribution >= 4 is 19.8 Å². The molecule has 0 saturated carbocycles. The number of ether oxygens (including phenoxy) is 2. The van der Waals surface area contributed by atoms with Crippen LogP contribution in [0.25, 0.3) is 0 Å². The number of allylic oxidation sites excluding steroid dienone is 4. The number of esters is 2. The van der Waals surface area contributed by atoms with E-state index in [0.717, 1.165) is 57.8 Å². The summed E-state index contributed by atoms with van der Waals surface area (Å²) in [7, 11) is -4.39. The van der Waals surface area contributed by atoms with E-state index < -0.39 is 26.5 Å². The number of carbonyl (C=O) groups excluding carboxylic acids is 2. The molecular weight excluding hydrogens is 966 g/mol. The molecule has 0 aliphatic heterocycles. The summed E-state index contributed by atoms with van der Waals surface area (Å²) >= 11 is 0. The lowest BCUT2D eigenvalue weighted by molar-refractivity contribution is -0.161. The number of nitrogens with two attached hydrogens (primary N) is 1. The van der Waals surface area contributed by atoms with Gasteiger partial charge in [-0.1, -0.05) is 321 Å². The fourth-order valence-corrected chi connectivity index (χ4v) is 10.9. The van der Waals surface area contributed by atoms with Gasteiger partial charge in [0, 0.05) is 19.4 Å². The van der Waals surface area contributed by atoms with E-state index in [1.54, 1.807) is 0 Å². The van der Waals surface area contributed by atoms with Crippen LogP contribution in [0.15, 0.2) is 24.3 Å². The molecule has 3 N–H and O–H groups in total. The van der Waals surface area contributed by atoms with Crippen molar-refractivity contribution in [1.82, 2.24) is 0 Å². The average Bonchev–Trinajstić information content (AvgIpc) is 3.41. The van der Waals surface area contributed by atoms with E-state index in [9.17, 15) is 19.0 Å². The van der Waals surface area contributed by atoms with E-state index in [-0.39, 0.29) is 38.6 Å². The van der Waals surface area contributed by atoms with Crippen molar-refractivity contribution < 1.29 is 37.6 Å². The van der Waals surface area contributed by atoms with Crippen LogP contribution in [0.4, 0.5) is 0 Å². The third kappa shape index (κ3) is 61.7. The molecule has 2 atom stereocenters. The molecule has 0 rings (SSSR count). The number of carbonyl (C=O) groups is 2. The molecule has 76 heavy (non-hydrogen) atoms. The Morgan fingerprint density at radius 3 is 1.03 bits per heavy atom. The van der Waals surface area contributed by atoms with Crippen LogP contribution >= 0.6 is 7.82 Å². The lowest BCUT2D eigenvalue weighted by Gasteiger charge is -2.19. The lowest BCUT2D eigenvalue weighted by Crippen LogP contribution is -2.29. The normalized spacial score (nSPS) is 13.1. The fourth-order valence-electron chi connectivity index (χ4n) is 10.1. The van der Waals surface area contributed by atoms with Crippen molar-refractivity contribution in [1.29, 1.82) is 0 Å². The Bertz CT molecular complexity index is 1290. The molecule has 0 spiro atoms. The zero-order valence-corrected chi connectivity index (χ0v) is 51.4. The molecule has 0 fully saturated rings. The van der Waals surface area contributed by atoms with E-state index in [1.165, 1.54) is 263 Å². The fraction of sp³-hybridized carbons (Fsp3) is 0.909.